The van der Waals surface area contributed by atoms with Crippen LogP contribution in [0.2, 0.25) is 5.02 Å². The molecule has 1 unspecified atom stereocenters. The summed E-state index contributed by atoms with van der Waals surface area (Å²) in [6.45, 7) is 4.17. The summed E-state index contributed by atoms with van der Waals surface area (Å²) < 4.78 is 11.1. The van der Waals surface area contributed by atoms with Crippen LogP contribution in [0.15, 0.2) is 48.5 Å². The molecule has 0 bridgehead atoms. The Bertz CT molecular complexity index is 660. The molecule has 0 aliphatic heterocycles. The topological polar surface area (TPSA) is 47.6 Å². The number of benzene rings is 2. The van der Waals surface area contributed by atoms with Crippen molar-refractivity contribution in [1.82, 2.24) is 5.32 Å². The molecule has 0 heterocycles. The van der Waals surface area contributed by atoms with Gasteiger partial charge in [0.25, 0.3) is 5.91 Å². The lowest BCUT2D eigenvalue weighted by atomic mass is 10.2. The number of aryl methyl sites for hydroxylation is 1. The van der Waals surface area contributed by atoms with Crippen LogP contribution >= 0.6 is 11.6 Å². The van der Waals surface area contributed by atoms with E-state index in [2.05, 4.69) is 5.32 Å². The summed E-state index contributed by atoms with van der Waals surface area (Å²) in [4.78, 5) is 11.9. The summed E-state index contributed by atoms with van der Waals surface area (Å²) in [5, 5.41) is 3.31. The van der Waals surface area contributed by atoms with Crippen molar-refractivity contribution in [3.05, 3.63) is 59.1 Å². The lowest BCUT2D eigenvalue weighted by Crippen LogP contribution is -2.39. The van der Waals surface area contributed by atoms with E-state index in [9.17, 15) is 4.79 Å². The quantitative estimate of drug-likeness (QED) is 0.842. The SMILES string of the molecule is Cc1ccccc1OCC(C)NC(=O)COc1ccccc1Cl. The fourth-order valence-corrected chi connectivity index (χ4v) is 2.19. The van der Waals surface area contributed by atoms with Gasteiger partial charge in [-0.1, -0.05) is 41.9 Å². The van der Waals surface area contributed by atoms with Gasteiger partial charge in [-0.05, 0) is 37.6 Å². The molecule has 1 N–H and O–H groups in total. The normalized spacial score (nSPS) is 11.6. The number of rotatable bonds is 7. The number of amides is 1. The van der Waals surface area contributed by atoms with E-state index in [1.807, 2.05) is 38.1 Å². The number of hydrogen-bond acceptors (Lipinski definition) is 3. The van der Waals surface area contributed by atoms with Gasteiger partial charge in [-0.25, -0.2) is 0 Å². The van der Waals surface area contributed by atoms with Crippen LogP contribution in [0.5, 0.6) is 11.5 Å². The summed E-state index contributed by atoms with van der Waals surface area (Å²) in [5.41, 5.74) is 1.06. The molecule has 0 saturated heterocycles. The molecule has 23 heavy (non-hydrogen) atoms. The highest BCUT2D eigenvalue weighted by Crippen LogP contribution is 2.22. The second kappa shape index (κ2) is 8.44. The van der Waals surface area contributed by atoms with Crippen molar-refractivity contribution in [2.24, 2.45) is 0 Å². The van der Waals surface area contributed by atoms with Crippen molar-refractivity contribution in [3.63, 3.8) is 0 Å². The molecular formula is C18H20ClNO3. The third-order valence-corrected chi connectivity index (χ3v) is 3.50. The Morgan fingerprint density at radius 1 is 1.09 bits per heavy atom. The third-order valence-electron chi connectivity index (χ3n) is 3.19. The number of ether oxygens (including phenoxy) is 2. The minimum atomic E-state index is -0.217. The fraction of sp³-hybridized carbons (Fsp3) is 0.278. The highest BCUT2D eigenvalue weighted by molar-refractivity contribution is 6.32. The smallest absolute Gasteiger partial charge is 0.258 e. The van der Waals surface area contributed by atoms with Crippen molar-refractivity contribution < 1.29 is 14.3 Å². The van der Waals surface area contributed by atoms with Crippen molar-refractivity contribution >= 4 is 17.5 Å². The van der Waals surface area contributed by atoms with E-state index in [0.29, 0.717) is 17.4 Å². The fourth-order valence-electron chi connectivity index (χ4n) is 2.00. The monoisotopic (exact) mass is 333 g/mol. The minimum absolute atomic E-state index is 0.0849. The number of carbonyl (C=O) groups is 1. The number of halogens is 1. The summed E-state index contributed by atoms with van der Waals surface area (Å²) in [6.07, 6.45) is 0. The highest BCUT2D eigenvalue weighted by atomic mass is 35.5. The molecule has 2 aromatic rings. The molecule has 2 aromatic carbocycles. The molecule has 0 saturated carbocycles. The van der Waals surface area contributed by atoms with Crippen LogP contribution < -0.4 is 14.8 Å². The van der Waals surface area contributed by atoms with E-state index in [-0.39, 0.29) is 18.6 Å². The van der Waals surface area contributed by atoms with Gasteiger partial charge < -0.3 is 14.8 Å². The van der Waals surface area contributed by atoms with E-state index in [1.54, 1.807) is 24.3 Å². The molecule has 0 aliphatic carbocycles. The van der Waals surface area contributed by atoms with Crippen LogP contribution in [0.4, 0.5) is 0 Å². The lowest BCUT2D eigenvalue weighted by Gasteiger charge is -2.16. The molecule has 2 rings (SSSR count). The molecule has 122 valence electrons. The van der Waals surface area contributed by atoms with Gasteiger partial charge in [-0.15, -0.1) is 0 Å². The Labute approximate surface area is 141 Å². The van der Waals surface area contributed by atoms with Gasteiger partial charge in [0, 0.05) is 0 Å². The van der Waals surface area contributed by atoms with Crippen molar-refractivity contribution in [3.8, 4) is 11.5 Å². The van der Waals surface area contributed by atoms with Crippen LogP contribution in [-0.2, 0) is 4.79 Å². The molecule has 0 radical (unpaired) electrons. The van der Waals surface area contributed by atoms with E-state index in [4.69, 9.17) is 21.1 Å². The predicted octanol–water partition coefficient (Wildman–Crippen LogP) is 3.61. The standard InChI is InChI=1S/C18H20ClNO3/c1-13-7-3-5-9-16(13)22-11-14(2)20-18(21)12-23-17-10-6-4-8-15(17)19/h3-10,14H,11-12H2,1-2H3,(H,20,21). The van der Waals surface area contributed by atoms with E-state index in [1.165, 1.54) is 0 Å². The predicted molar refractivity (Wildman–Crippen MR) is 91.2 cm³/mol. The maximum absolute atomic E-state index is 11.9. The molecule has 5 heteroatoms. The Hall–Kier alpha value is -2.20. The summed E-state index contributed by atoms with van der Waals surface area (Å²) in [7, 11) is 0. The first kappa shape index (κ1) is 17.2. The van der Waals surface area contributed by atoms with Crippen LogP contribution in [0.25, 0.3) is 0 Å². The largest absolute Gasteiger partial charge is 0.491 e. The molecule has 0 fully saturated rings. The third kappa shape index (κ3) is 5.49. The average molecular weight is 334 g/mol. The first-order chi connectivity index (χ1) is 11.1. The number of hydrogen-bond donors (Lipinski definition) is 1. The van der Waals surface area contributed by atoms with Crippen LogP contribution in [-0.4, -0.2) is 25.2 Å². The second-order valence-corrected chi connectivity index (χ2v) is 5.67. The summed E-state index contributed by atoms with van der Waals surface area (Å²) >= 11 is 5.97. The van der Waals surface area contributed by atoms with Gasteiger partial charge >= 0.3 is 0 Å². The average Bonchev–Trinajstić information content (AvgIpc) is 2.53. The summed E-state index contributed by atoms with van der Waals surface area (Å²) in [5.74, 6) is 1.10. The molecule has 0 spiro atoms. The second-order valence-electron chi connectivity index (χ2n) is 5.26. The Morgan fingerprint density at radius 2 is 1.74 bits per heavy atom. The van der Waals surface area contributed by atoms with E-state index >= 15 is 0 Å². The first-order valence-corrected chi connectivity index (χ1v) is 7.79. The van der Waals surface area contributed by atoms with Crippen molar-refractivity contribution in [1.29, 1.82) is 0 Å². The van der Waals surface area contributed by atoms with Gasteiger partial charge in [-0.3, -0.25) is 4.79 Å². The number of nitrogens with one attached hydrogen (secondary N) is 1. The Morgan fingerprint density at radius 3 is 2.43 bits per heavy atom. The van der Waals surface area contributed by atoms with E-state index < -0.39 is 0 Å². The van der Waals surface area contributed by atoms with Crippen LogP contribution in [0.1, 0.15) is 12.5 Å². The van der Waals surface area contributed by atoms with Crippen molar-refractivity contribution in [2.45, 2.75) is 19.9 Å². The maximum Gasteiger partial charge on any atom is 0.258 e. The number of carbonyl (C=O) groups excluding carboxylic acids is 1. The summed E-state index contributed by atoms with van der Waals surface area (Å²) in [6, 6.07) is 14.7. The van der Waals surface area contributed by atoms with Crippen molar-refractivity contribution in [2.75, 3.05) is 13.2 Å². The number of para-hydroxylation sites is 2. The Balaban J connectivity index is 1.74. The maximum atomic E-state index is 11.9. The lowest BCUT2D eigenvalue weighted by molar-refractivity contribution is -0.123. The highest BCUT2D eigenvalue weighted by Gasteiger charge is 2.10. The zero-order chi connectivity index (χ0) is 16.7. The van der Waals surface area contributed by atoms with Crippen LogP contribution in [0.3, 0.4) is 0 Å². The van der Waals surface area contributed by atoms with Gasteiger partial charge in [0.15, 0.2) is 6.61 Å². The molecular weight excluding hydrogens is 314 g/mol. The molecule has 0 aliphatic rings. The molecule has 1 amide bonds. The van der Waals surface area contributed by atoms with Gasteiger partial charge in [0.2, 0.25) is 0 Å². The van der Waals surface area contributed by atoms with Crippen LogP contribution in [0, 0.1) is 6.92 Å². The minimum Gasteiger partial charge on any atom is -0.491 e. The molecule has 1 atom stereocenters. The zero-order valence-electron chi connectivity index (χ0n) is 13.2. The van der Waals surface area contributed by atoms with E-state index in [0.717, 1.165) is 11.3 Å². The Kier molecular flexibility index (Phi) is 6.29. The zero-order valence-corrected chi connectivity index (χ0v) is 14.0. The van der Waals surface area contributed by atoms with Gasteiger partial charge in [-0.2, -0.15) is 0 Å². The molecule has 0 aromatic heterocycles. The first-order valence-electron chi connectivity index (χ1n) is 7.41. The molecule has 4 nitrogen and oxygen atoms in total. The van der Waals surface area contributed by atoms with Gasteiger partial charge in [0.1, 0.15) is 18.1 Å². The van der Waals surface area contributed by atoms with Gasteiger partial charge in [0.05, 0.1) is 11.1 Å².